The smallest absolute Gasteiger partial charge is 0.126 e. The van der Waals surface area contributed by atoms with Gasteiger partial charge in [-0.3, -0.25) is 0 Å². The van der Waals surface area contributed by atoms with Crippen LogP contribution in [0.4, 0.5) is 10.1 Å². The highest BCUT2D eigenvalue weighted by molar-refractivity contribution is 5.49. The van der Waals surface area contributed by atoms with E-state index in [1.54, 1.807) is 6.07 Å². The normalized spacial score (nSPS) is 24.9. The Labute approximate surface area is 127 Å². The average Bonchev–Trinajstić information content (AvgIpc) is 2.77. The standard InChI is InChI=1S/C18H27FN2/c1-14-12-16(8-9-17(14)19)21-11-5-10-20-18(13-21)15-6-3-2-4-7-15/h8-9,12,15,18,20H,2-7,10-11,13H2,1H3. The Morgan fingerprint density at radius 2 is 1.95 bits per heavy atom. The lowest BCUT2D eigenvalue weighted by Crippen LogP contribution is -2.43. The monoisotopic (exact) mass is 290 g/mol. The van der Waals surface area contributed by atoms with Gasteiger partial charge in [-0.05, 0) is 62.4 Å². The summed E-state index contributed by atoms with van der Waals surface area (Å²) in [6, 6.07) is 6.14. The van der Waals surface area contributed by atoms with E-state index in [2.05, 4.69) is 10.2 Å². The molecule has 1 unspecified atom stereocenters. The van der Waals surface area contributed by atoms with Crippen LogP contribution in [0.25, 0.3) is 0 Å². The molecule has 0 aromatic heterocycles. The van der Waals surface area contributed by atoms with Crippen molar-refractivity contribution in [2.45, 2.75) is 51.5 Å². The summed E-state index contributed by atoms with van der Waals surface area (Å²) in [5, 5.41) is 3.76. The van der Waals surface area contributed by atoms with Crippen LogP contribution in [0.15, 0.2) is 18.2 Å². The van der Waals surface area contributed by atoms with Gasteiger partial charge in [0, 0.05) is 24.8 Å². The second-order valence-corrected chi connectivity index (χ2v) is 6.69. The molecule has 1 saturated heterocycles. The number of hydrogen-bond donors (Lipinski definition) is 1. The van der Waals surface area contributed by atoms with Gasteiger partial charge in [-0.1, -0.05) is 19.3 Å². The zero-order valence-corrected chi connectivity index (χ0v) is 13.1. The molecule has 2 fully saturated rings. The van der Waals surface area contributed by atoms with Crippen molar-refractivity contribution < 1.29 is 4.39 Å². The minimum Gasteiger partial charge on any atom is -0.370 e. The van der Waals surface area contributed by atoms with Crippen molar-refractivity contribution in [1.82, 2.24) is 5.32 Å². The molecule has 116 valence electrons. The third-order valence-electron chi connectivity index (χ3n) is 5.15. The fourth-order valence-corrected chi connectivity index (χ4v) is 3.86. The van der Waals surface area contributed by atoms with Gasteiger partial charge in [-0.25, -0.2) is 4.39 Å². The zero-order chi connectivity index (χ0) is 14.7. The molecule has 1 N–H and O–H groups in total. The molecule has 1 atom stereocenters. The van der Waals surface area contributed by atoms with Crippen molar-refractivity contribution in [3.05, 3.63) is 29.6 Å². The van der Waals surface area contributed by atoms with E-state index >= 15 is 0 Å². The summed E-state index contributed by atoms with van der Waals surface area (Å²) >= 11 is 0. The number of anilines is 1. The molecule has 0 amide bonds. The van der Waals surface area contributed by atoms with Gasteiger partial charge >= 0.3 is 0 Å². The molecular weight excluding hydrogens is 263 g/mol. The summed E-state index contributed by atoms with van der Waals surface area (Å²) in [5.41, 5.74) is 1.93. The molecule has 1 aromatic carbocycles. The highest BCUT2D eigenvalue weighted by atomic mass is 19.1. The summed E-state index contributed by atoms with van der Waals surface area (Å²) < 4.78 is 13.5. The molecule has 3 heteroatoms. The SMILES string of the molecule is Cc1cc(N2CCCNC(C3CCCCC3)C2)ccc1F. The van der Waals surface area contributed by atoms with Gasteiger partial charge in [-0.2, -0.15) is 0 Å². The Bertz CT molecular complexity index is 468. The van der Waals surface area contributed by atoms with Crippen molar-refractivity contribution in [3.63, 3.8) is 0 Å². The highest BCUT2D eigenvalue weighted by Gasteiger charge is 2.27. The minimum absolute atomic E-state index is 0.101. The molecule has 1 aliphatic heterocycles. The molecule has 1 aromatic rings. The Morgan fingerprint density at radius 1 is 1.14 bits per heavy atom. The van der Waals surface area contributed by atoms with Crippen LogP contribution in [0.1, 0.15) is 44.1 Å². The lowest BCUT2D eigenvalue weighted by atomic mass is 9.83. The average molecular weight is 290 g/mol. The molecule has 0 radical (unpaired) electrons. The van der Waals surface area contributed by atoms with Gasteiger partial charge < -0.3 is 10.2 Å². The number of halogens is 1. The van der Waals surface area contributed by atoms with Gasteiger partial charge in [-0.15, -0.1) is 0 Å². The maximum atomic E-state index is 13.5. The van der Waals surface area contributed by atoms with Gasteiger partial charge in [0.05, 0.1) is 0 Å². The zero-order valence-electron chi connectivity index (χ0n) is 13.1. The van der Waals surface area contributed by atoms with E-state index in [9.17, 15) is 4.39 Å². The Hall–Kier alpha value is -1.09. The largest absolute Gasteiger partial charge is 0.370 e. The molecule has 0 spiro atoms. The Morgan fingerprint density at radius 3 is 2.71 bits per heavy atom. The first-order valence-electron chi connectivity index (χ1n) is 8.48. The van der Waals surface area contributed by atoms with Crippen LogP contribution >= 0.6 is 0 Å². The van der Waals surface area contributed by atoms with Gasteiger partial charge in [0.25, 0.3) is 0 Å². The molecule has 2 nitrogen and oxygen atoms in total. The molecule has 1 saturated carbocycles. The van der Waals surface area contributed by atoms with Crippen LogP contribution in [0.5, 0.6) is 0 Å². The van der Waals surface area contributed by atoms with Gasteiger partial charge in [0.1, 0.15) is 5.82 Å². The molecular formula is C18H27FN2. The van der Waals surface area contributed by atoms with E-state index in [-0.39, 0.29) is 5.82 Å². The Kier molecular flexibility index (Phi) is 4.79. The number of benzene rings is 1. The summed E-state index contributed by atoms with van der Waals surface area (Å²) in [7, 11) is 0. The van der Waals surface area contributed by atoms with Crippen LogP contribution in [0.2, 0.25) is 0 Å². The summed E-state index contributed by atoms with van der Waals surface area (Å²) in [6.45, 7) is 5.10. The number of rotatable bonds is 2. The molecule has 2 aliphatic rings. The van der Waals surface area contributed by atoms with Crippen molar-refractivity contribution in [2.24, 2.45) is 5.92 Å². The first-order valence-corrected chi connectivity index (χ1v) is 8.48. The molecule has 0 bridgehead atoms. The first kappa shape index (κ1) is 14.8. The first-order chi connectivity index (χ1) is 10.2. The second-order valence-electron chi connectivity index (χ2n) is 6.69. The molecule has 3 rings (SSSR count). The molecule has 1 aliphatic carbocycles. The van der Waals surface area contributed by atoms with E-state index in [4.69, 9.17) is 0 Å². The van der Waals surface area contributed by atoms with Crippen molar-refractivity contribution in [3.8, 4) is 0 Å². The van der Waals surface area contributed by atoms with Crippen molar-refractivity contribution in [2.75, 3.05) is 24.5 Å². The lowest BCUT2D eigenvalue weighted by molar-refractivity contribution is 0.277. The predicted octanol–water partition coefficient (Wildman–Crippen LogP) is 3.88. The van der Waals surface area contributed by atoms with Crippen molar-refractivity contribution in [1.29, 1.82) is 0 Å². The summed E-state index contributed by atoms with van der Waals surface area (Å²) in [4.78, 5) is 2.45. The van der Waals surface area contributed by atoms with Crippen LogP contribution in [-0.2, 0) is 0 Å². The topological polar surface area (TPSA) is 15.3 Å². The van der Waals surface area contributed by atoms with Crippen LogP contribution in [0.3, 0.4) is 0 Å². The highest BCUT2D eigenvalue weighted by Crippen LogP contribution is 2.29. The van der Waals surface area contributed by atoms with Crippen molar-refractivity contribution >= 4 is 5.69 Å². The van der Waals surface area contributed by atoms with Gasteiger partial charge in [0.15, 0.2) is 0 Å². The predicted molar refractivity (Wildman–Crippen MR) is 86.3 cm³/mol. The van der Waals surface area contributed by atoms with E-state index in [0.717, 1.165) is 31.1 Å². The number of aryl methyl sites for hydroxylation is 1. The fourth-order valence-electron chi connectivity index (χ4n) is 3.86. The number of nitrogens with one attached hydrogen (secondary N) is 1. The third-order valence-corrected chi connectivity index (χ3v) is 5.15. The quantitative estimate of drug-likeness (QED) is 0.889. The van der Waals surface area contributed by atoms with E-state index in [1.807, 2.05) is 19.1 Å². The summed E-state index contributed by atoms with van der Waals surface area (Å²) in [6.07, 6.45) is 8.09. The molecule has 21 heavy (non-hydrogen) atoms. The summed E-state index contributed by atoms with van der Waals surface area (Å²) in [5.74, 6) is 0.719. The van der Waals surface area contributed by atoms with Crippen LogP contribution < -0.4 is 10.2 Å². The maximum absolute atomic E-state index is 13.5. The minimum atomic E-state index is -0.101. The number of hydrogen-bond acceptors (Lipinski definition) is 2. The number of nitrogens with zero attached hydrogens (tertiary/aromatic N) is 1. The molecule has 1 heterocycles. The van der Waals surface area contributed by atoms with E-state index < -0.39 is 0 Å². The second kappa shape index (κ2) is 6.78. The van der Waals surface area contributed by atoms with Crippen LogP contribution in [-0.4, -0.2) is 25.7 Å². The fraction of sp³-hybridized carbons (Fsp3) is 0.667. The lowest BCUT2D eigenvalue weighted by Gasteiger charge is -2.33. The third kappa shape index (κ3) is 3.57. The van der Waals surface area contributed by atoms with Gasteiger partial charge in [0.2, 0.25) is 0 Å². The Balaban J connectivity index is 1.73. The van der Waals surface area contributed by atoms with Crippen LogP contribution in [0, 0.1) is 18.7 Å². The maximum Gasteiger partial charge on any atom is 0.126 e. The van der Waals surface area contributed by atoms with E-state index in [0.29, 0.717) is 6.04 Å². The van der Waals surface area contributed by atoms with E-state index in [1.165, 1.54) is 44.2 Å².